The van der Waals surface area contributed by atoms with Gasteiger partial charge >= 0.3 is 0 Å². The van der Waals surface area contributed by atoms with Crippen LogP contribution in [0.5, 0.6) is 0 Å². The van der Waals surface area contributed by atoms with Crippen molar-refractivity contribution in [2.75, 3.05) is 0 Å². The second kappa shape index (κ2) is 3.02. The minimum absolute atomic E-state index is 0.0924. The van der Waals surface area contributed by atoms with Crippen LogP contribution in [0, 0.1) is 6.92 Å². The van der Waals surface area contributed by atoms with E-state index in [0.717, 1.165) is 11.8 Å². The van der Waals surface area contributed by atoms with E-state index in [-0.39, 0.29) is 5.41 Å². The molecule has 1 rings (SSSR count). The maximum absolute atomic E-state index is 10.7. The Bertz CT molecular complexity index is 291. The quantitative estimate of drug-likeness (QED) is 0.610. The minimum atomic E-state index is 0.0924. The summed E-state index contributed by atoms with van der Waals surface area (Å²) in [5.74, 6) is 0. The van der Waals surface area contributed by atoms with E-state index >= 15 is 0 Å². The molecule has 0 radical (unpaired) electrons. The van der Waals surface area contributed by atoms with Crippen molar-refractivity contribution in [1.82, 2.24) is 0 Å². The molecule has 1 aromatic rings. The molecule has 0 aliphatic heterocycles. The fourth-order valence-corrected chi connectivity index (χ4v) is 2.25. The van der Waals surface area contributed by atoms with Gasteiger partial charge in [-0.1, -0.05) is 20.8 Å². The monoisotopic (exact) mass is 182 g/mol. The lowest BCUT2D eigenvalue weighted by Crippen LogP contribution is -2.10. The van der Waals surface area contributed by atoms with Crippen molar-refractivity contribution >= 4 is 17.6 Å². The van der Waals surface area contributed by atoms with Gasteiger partial charge in [0.15, 0.2) is 6.29 Å². The second-order valence-electron chi connectivity index (χ2n) is 4.01. The van der Waals surface area contributed by atoms with Crippen molar-refractivity contribution in [3.63, 3.8) is 0 Å². The first-order chi connectivity index (χ1) is 5.45. The van der Waals surface area contributed by atoms with Gasteiger partial charge in [-0.05, 0) is 18.4 Å². The Hall–Kier alpha value is -0.630. The molecule has 0 aliphatic rings. The molecule has 0 N–H and O–H groups in total. The summed E-state index contributed by atoms with van der Waals surface area (Å²) >= 11 is 1.71. The highest BCUT2D eigenvalue weighted by Gasteiger charge is 2.19. The van der Waals surface area contributed by atoms with Gasteiger partial charge in [0.2, 0.25) is 0 Å². The Labute approximate surface area is 77.4 Å². The molecule has 0 atom stereocenters. The first kappa shape index (κ1) is 9.46. The van der Waals surface area contributed by atoms with Crippen LogP contribution in [0.15, 0.2) is 6.07 Å². The zero-order valence-corrected chi connectivity index (χ0v) is 8.79. The molecule has 0 spiro atoms. The minimum Gasteiger partial charge on any atom is -0.298 e. The van der Waals surface area contributed by atoms with E-state index in [0.29, 0.717) is 0 Å². The number of hydrogen-bond acceptors (Lipinski definition) is 2. The average molecular weight is 182 g/mol. The van der Waals surface area contributed by atoms with Gasteiger partial charge in [-0.3, -0.25) is 4.79 Å². The summed E-state index contributed by atoms with van der Waals surface area (Å²) in [5.41, 5.74) is 0.944. The Morgan fingerprint density at radius 3 is 2.33 bits per heavy atom. The summed E-state index contributed by atoms with van der Waals surface area (Å²) in [5, 5.41) is 0. The molecule has 0 saturated carbocycles. The maximum Gasteiger partial charge on any atom is 0.151 e. The van der Waals surface area contributed by atoms with E-state index < -0.39 is 0 Å². The lowest BCUT2D eigenvalue weighted by Gasteiger charge is -2.16. The van der Waals surface area contributed by atoms with E-state index in [4.69, 9.17) is 0 Å². The van der Waals surface area contributed by atoms with Crippen LogP contribution in [-0.2, 0) is 5.41 Å². The summed E-state index contributed by atoms with van der Waals surface area (Å²) in [6.45, 7) is 8.43. The van der Waals surface area contributed by atoms with Crippen molar-refractivity contribution in [3.05, 3.63) is 21.4 Å². The highest BCUT2D eigenvalue weighted by molar-refractivity contribution is 7.12. The Kier molecular flexibility index (Phi) is 2.38. The molecule has 0 aliphatic carbocycles. The van der Waals surface area contributed by atoms with Gasteiger partial charge in [-0.2, -0.15) is 0 Å². The van der Waals surface area contributed by atoms with Gasteiger partial charge in [0, 0.05) is 15.3 Å². The topological polar surface area (TPSA) is 17.1 Å². The highest BCUT2D eigenvalue weighted by atomic mass is 32.1. The summed E-state index contributed by atoms with van der Waals surface area (Å²) in [7, 11) is 0. The Morgan fingerprint density at radius 2 is 2.00 bits per heavy atom. The van der Waals surface area contributed by atoms with Gasteiger partial charge in [-0.15, -0.1) is 11.3 Å². The average Bonchev–Trinajstić information content (AvgIpc) is 2.29. The van der Waals surface area contributed by atoms with Gasteiger partial charge in [0.25, 0.3) is 0 Å². The lowest BCUT2D eigenvalue weighted by atomic mass is 9.92. The molecule has 1 heterocycles. The number of aryl methyl sites for hydroxylation is 1. The molecule has 0 unspecified atom stereocenters. The van der Waals surface area contributed by atoms with Gasteiger partial charge in [0.05, 0.1) is 0 Å². The predicted molar refractivity (Wildman–Crippen MR) is 53.1 cm³/mol. The smallest absolute Gasteiger partial charge is 0.151 e. The SMILES string of the molecule is Cc1cc(C=O)c(C(C)(C)C)s1. The molecule has 0 fully saturated rings. The molecular weight excluding hydrogens is 168 g/mol. The van der Waals surface area contributed by atoms with Crippen LogP contribution in [-0.4, -0.2) is 6.29 Å². The van der Waals surface area contributed by atoms with Crippen LogP contribution in [0.4, 0.5) is 0 Å². The third kappa shape index (κ3) is 1.75. The van der Waals surface area contributed by atoms with E-state index in [1.54, 1.807) is 11.3 Å². The number of rotatable bonds is 1. The van der Waals surface area contributed by atoms with E-state index in [1.165, 1.54) is 9.75 Å². The zero-order valence-electron chi connectivity index (χ0n) is 7.97. The summed E-state index contributed by atoms with van der Waals surface area (Å²) in [6.07, 6.45) is 0.948. The van der Waals surface area contributed by atoms with E-state index in [2.05, 4.69) is 20.8 Å². The van der Waals surface area contributed by atoms with E-state index in [9.17, 15) is 4.79 Å². The number of carbonyl (C=O) groups is 1. The van der Waals surface area contributed by atoms with Crippen LogP contribution in [0.3, 0.4) is 0 Å². The third-order valence-corrected chi connectivity index (χ3v) is 3.18. The molecular formula is C10H14OS. The van der Waals surface area contributed by atoms with Crippen LogP contribution < -0.4 is 0 Å². The predicted octanol–water partition coefficient (Wildman–Crippen LogP) is 3.17. The van der Waals surface area contributed by atoms with Gasteiger partial charge in [-0.25, -0.2) is 0 Å². The summed E-state index contributed by atoms with van der Waals surface area (Å²) in [4.78, 5) is 13.1. The number of aldehydes is 1. The number of hydrogen-bond donors (Lipinski definition) is 0. The maximum atomic E-state index is 10.7. The second-order valence-corrected chi connectivity index (χ2v) is 5.27. The van der Waals surface area contributed by atoms with Crippen molar-refractivity contribution in [2.24, 2.45) is 0 Å². The molecule has 0 bridgehead atoms. The van der Waals surface area contributed by atoms with Crippen molar-refractivity contribution in [2.45, 2.75) is 33.1 Å². The molecule has 66 valence electrons. The molecule has 1 aromatic heterocycles. The first-order valence-electron chi connectivity index (χ1n) is 4.01. The van der Waals surface area contributed by atoms with Crippen LogP contribution in [0.2, 0.25) is 0 Å². The normalized spacial score (nSPS) is 11.7. The molecule has 1 nitrogen and oxygen atoms in total. The Morgan fingerprint density at radius 1 is 1.42 bits per heavy atom. The molecule has 0 aromatic carbocycles. The van der Waals surface area contributed by atoms with Crippen molar-refractivity contribution in [1.29, 1.82) is 0 Å². The highest BCUT2D eigenvalue weighted by Crippen LogP contribution is 2.32. The molecule has 2 heteroatoms. The fraction of sp³-hybridized carbons (Fsp3) is 0.500. The van der Waals surface area contributed by atoms with Crippen molar-refractivity contribution < 1.29 is 4.79 Å². The number of thiophene rings is 1. The lowest BCUT2D eigenvalue weighted by molar-refractivity contribution is 0.112. The van der Waals surface area contributed by atoms with Crippen LogP contribution >= 0.6 is 11.3 Å². The fourth-order valence-electron chi connectivity index (χ4n) is 1.21. The number of carbonyl (C=O) groups excluding carboxylic acids is 1. The van der Waals surface area contributed by atoms with Crippen LogP contribution in [0.1, 0.15) is 40.9 Å². The largest absolute Gasteiger partial charge is 0.298 e. The van der Waals surface area contributed by atoms with E-state index in [1.807, 2.05) is 13.0 Å². The summed E-state index contributed by atoms with van der Waals surface area (Å²) in [6, 6.07) is 1.96. The van der Waals surface area contributed by atoms with Gasteiger partial charge in [0.1, 0.15) is 0 Å². The van der Waals surface area contributed by atoms with Crippen LogP contribution in [0.25, 0.3) is 0 Å². The zero-order chi connectivity index (χ0) is 9.35. The standard InChI is InChI=1S/C10H14OS/c1-7-5-8(6-11)9(12-7)10(2,3)4/h5-6H,1-4H3. The first-order valence-corrected chi connectivity index (χ1v) is 4.83. The molecule has 12 heavy (non-hydrogen) atoms. The molecule has 0 saturated heterocycles. The Balaban J connectivity index is 3.22. The summed E-state index contributed by atoms with van der Waals surface area (Å²) < 4.78 is 0. The third-order valence-electron chi connectivity index (χ3n) is 1.69. The van der Waals surface area contributed by atoms with Gasteiger partial charge < -0.3 is 0 Å². The van der Waals surface area contributed by atoms with Crippen molar-refractivity contribution in [3.8, 4) is 0 Å². The molecule has 0 amide bonds.